The average Bonchev–Trinajstić information content (AvgIpc) is 2.30. The summed E-state index contributed by atoms with van der Waals surface area (Å²) in [7, 11) is 1.42. The van der Waals surface area contributed by atoms with Gasteiger partial charge in [-0.2, -0.15) is 8.78 Å². The molecule has 0 spiro atoms. The van der Waals surface area contributed by atoms with Gasteiger partial charge in [0.15, 0.2) is 11.5 Å². The van der Waals surface area contributed by atoms with E-state index in [9.17, 15) is 8.78 Å². The molecular formula is C12H13BrF2O2. The van der Waals surface area contributed by atoms with E-state index < -0.39 is 6.61 Å². The van der Waals surface area contributed by atoms with E-state index in [1.165, 1.54) is 13.2 Å². The van der Waals surface area contributed by atoms with Crippen LogP contribution in [0.1, 0.15) is 12.5 Å². The molecule has 0 unspecified atom stereocenters. The first kappa shape index (κ1) is 14.0. The number of hydrogen-bond donors (Lipinski definition) is 0. The molecule has 0 radical (unpaired) electrons. The summed E-state index contributed by atoms with van der Waals surface area (Å²) < 4.78 is 33.5. The van der Waals surface area contributed by atoms with Crippen LogP contribution in [0.25, 0.3) is 6.08 Å². The van der Waals surface area contributed by atoms with Gasteiger partial charge in [-0.05, 0) is 24.6 Å². The molecule has 0 aliphatic carbocycles. The lowest BCUT2D eigenvalue weighted by Crippen LogP contribution is -2.03. The molecule has 5 heteroatoms. The Hall–Kier alpha value is -1.10. The maximum atomic E-state index is 12.1. The molecule has 17 heavy (non-hydrogen) atoms. The standard InChI is InChI=1S/C12H13BrF2O2/c1-8(7-13)5-9-3-4-10(17-12(14)15)11(6-9)16-2/h3-6,12H,7H2,1-2H3. The predicted octanol–water partition coefficient (Wildman–Crippen LogP) is 4.09. The average molecular weight is 307 g/mol. The zero-order valence-corrected chi connectivity index (χ0v) is 11.1. The van der Waals surface area contributed by atoms with Crippen molar-refractivity contribution in [2.75, 3.05) is 12.4 Å². The third-order valence-electron chi connectivity index (χ3n) is 2.03. The van der Waals surface area contributed by atoms with Crippen LogP contribution in [0.5, 0.6) is 11.5 Å². The number of benzene rings is 1. The van der Waals surface area contributed by atoms with Gasteiger partial charge in [0.05, 0.1) is 7.11 Å². The molecule has 0 aromatic heterocycles. The Labute approximate surface area is 107 Å². The third kappa shape index (κ3) is 4.34. The van der Waals surface area contributed by atoms with Gasteiger partial charge >= 0.3 is 6.61 Å². The van der Waals surface area contributed by atoms with Crippen molar-refractivity contribution in [3.05, 3.63) is 29.3 Å². The Morgan fingerprint density at radius 2 is 2.12 bits per heavy atom. The molecule has 0 aliphatic heterocycles. The SMILES string of the molecule is COc1cc(C=C(C)CBr)ccc1OC(F)F. The first-order valence-corrected chi connectivity index (χ1v) is 6.05. The van der Waals surface area contributed by atoms with E-state index in [1.54, 1.807) is 12.1 Å². The molecule has 0 bridgehead atoms. The molecule has 1 rings (SSSR count). The molecule has 0 saturated heterocycles. The molecule has 0 N–H and O–H groups in total. The molecule has 0 fully saturated rings. The minimum atomic E-state index is -2.85. The van der Waals surface area contributed by atoms with E-state index in [2.05, 4.69) is 20.7 Å². The summed E-state index contributed by atoms with van der Waals surface area (Å²) in [5.41, 5.74) is 2.00. The summed E-state index contributed by atoms with van der Waals surface area (Å²) in [6, 6.07) is 4.83. The molecule has 0 aliphatic rings. The van der Waals surface area contributed by atoms with Gasteiger partial charge < -0.3 is 9.47 Å². The minimum absolute atomic E-state index is 0.0381. The van der Waals surface area contributed by atoms with Gasteiger partial charge in [-0.15, -0.1) is 0 Å². The third-order valence-corrected chi connectivity index (χ3v) is 2.91. The Kier molecular flexibility index (Phi) is 5.41. The first-order valence-electron chi connectivity index (χ1n) is 4.92. The normalized spacial score (nSPS) is 11.8. The van der Waals surface area contributed by atoms with E-state index >= 15 is 0 Å². The van der Waals surface area contributed by atoms with Crippen molar-refractivity contribution in [1.29, 1.82) is 0 Å². The Morgan fingerprint density at radius 1 is 1.41 bits per heavy atom. The number of ether oxygens (including phenoxy) is 2. The van der Waals surface area contributed by atoms with Crippen LogP contribution in [0.4, 0.5) is 8.78 Å². The highest BCUT2D eigenvalue weighted by atomic mass is 79.9. The van der Waals surface area contributed by atoms with Gasteiger partial charge in [0, 0.05) is 5.33 Å². The fourth-order valence-electron chi connectivity index (χ4n) is 1.29. The highest BCUT2D eigenvalue weighted by molar-refractivity contribution is 9.09. The van der Waals surface area contributed by atoms with Crippen LogP contribution in [0.3, 0.4) is 0 Å². The lowest BCUT2D eigenvalue weighted by molar-refractivity contribution is -0.0512. The van der Waals surface area contributed by atoms with Crippen LogP contribution in [-0.4, -0.2) is 19.1 Å². The molecule has 2 nitrogen and oxygen atoms in total. The van der Waals surface area contributed by atoms with Gasteiger partial charge in [-0.1, -0.05) is 33.6 Å². The van der Waals surface area contributed by atoms with E-state index in [0.29, 0.717) is 5.75 Å². The molecule has 0 saturated carbocycles. The van der Waals surface area contributed by atoms with E-state index in [1.807, 2.05) is 13.0 Å². The quantitative estimate of drug-likeness (QED) is 0.763. The van der Waals surface area contributed by atoms with Gasteiger partial charge in [0.1, 0.15) is 0 Å². The Morgan fingerprint density at radius 3 is 2.65 bits per heavy atom. The number of rotatable bonds is 5. The maximum Gasteiger partial charge on any atom is 0.387 e. The summed E-state index contributed by atoms with van der Waals surface area (Å²) >= 11 is 3.33. The minimum Gasteiger partial charge on any atom is -0.493 e. The maximum absolute atomic E-state index is 12.1. The summed E-state index contributed by atoms with van der Waals surface area (Å²) in [5.74, 6) is 0.331. The van der Waals surface area contributed by atoms with Crippen molar-refractivity contribution in [2.45, 2.75) is 13.5 Å². The fourth-order valence-corrected chi connectivity index (χ4v) is 1.45. The smallest absolute Gasteiger partial charge is 0.387 e. The zero-order chi connectivity index (χ0) is 12.8. The van der Waals surface area contributed by atoms with E-state index in [4.69, 9.17) is 4.74 Å². The monoisotopic (exact) mass is 306 g/mol. The fraction of sp³-hybridized carbons (Fsp3) is 0.333. The second-order valence-electron chi connectivity index (χ2n) is 3.41. The molecule has 1 aromatic rings. The number of alkyl halides is 3. The van der Waals surface area contributed by atoms with Gasteiger partial charge in [-0.3, -0.25) is 0 Å². The van der Waals surface area contributed by atoms with Crippen molar-refractivity contribution < 1.29 is 18.3 Å². The summed E-state index contributed by atoms with van der Waals surface area (Å²) in [6.07, 6.45) is 1.93. The number of hydrogen-bond acceptors (Lipinski definition) is 2. The van der Waals surface area contributed by atoms with E-state index in [-0.39, 0.29) is 5.75 Å². The lowest BCUT2D eigenvalue weighted by atomic mass is 10.1. The van der Waals surface area contributed by atoms with E-state index in [0.717, 1.165) is 16.5 Å². The van der Waals surface area contributed by atoms with Crippen LogP contribution >= 0.6 is 15.9 Å². The van der Waals surface area contributed by atoms with Crippen molar-refractivity contribution in [3.8, 4) is 11.5 Å². The highest BCUT2D eigenvalue weighted by Gasteiger charge is 2.10. The largest absolute Gasteiger partial charge is 0.493 e. The summed E-state index contributed by atoms with van der Waals surface area (Å²) in [4.78, 5) is 0. The zero-order valence-electron chi connectivity index (χ0n) is 9.54. The van der Waals surface area contributed by atoms with Crippen molar-refractivity contribution in [3.63, 3.8) is 0 Å². The molecule has 1 aromatic carbocycles. The van der Waals surface area contributed by atoms with Crippen molar-refractivity contribution in [2.24, 2.45) is 0 Å². The predicted molar refractivity (Wildman–Crippen MR) is 67.1 cm³/mol. The Bertz CT molecular complexity index is 405. The lowest BCUT2D eigenvalue weighted by Gasteiger charge is -2.10. The van der Waals surface area contributed by atoms with Gasteiger partial charge in [0.25, 0.3) is 0 Å². The number of methoxy groups -OCH3 is 1. The summed E-state index contributed by atoms with van der Waals surface area (Å²) in [6.45, 7) is -0.889. The Balaban J connectivity index is 3.00. The van der Waals surface area contributed by atoms with Crippen LogP contribution in [0.15, 0.2) is 23.8 Å². The topological polar surface area (TPSA) is 18.5 Å². The van der Waals surface area contributed by atoms with Crippen LogP contribution < -0.4 is 9.47 Å². The van der Waals surface area contributed by atoms with Crippen molar-refractivity contribution in [1.82, 2.24) is 0 Å². The molecule has 0 heterocycles. The van der Waals surface area contributed by atoms with Crippen LogP contribution in [-0.2, 0) is 0 Å². The summed E-state index contributed by atoms with van der Waals surface area (Å²) in [5, 5.41) is 0.755. The molecule has 0 atom stereocenters. The second-order valence-corrected chi connectivity index (χ2v) is 3.97. The van der Waals surface area contributed by atoms with Gasteiger partial charge in [0.2, 0.25) is 0 Å². The number of halogens is 3. The van der Waals surface area contributed by atoms with Crippen molar-refractivity contribution >= 4 is 22.0 Å². The number of allylic oxidation sites excluding steroid dienone is 1. The molecule has 0 amide bonds. The highest BCUT2D eigenvalue weighted by Crippen LogP contribution is 2.30. The van der Waals surface area contributed by atoms with Gasteiger partial charge in [-0.25, -0.2) is 0 Å². The molecular weight excluding hydrogens is 294 g/mol. The first-order chi connectivity index (χ1) is 8.06. The second kappa shape index (κ2) is 6.59. The van der Waals surface area contributed by atoms with Crippen LogP contribution in [0, 0.1) is 0 Å². The van der Waals surface area contributed by atoms with Crippen LogP contribution in [0.2, 0.25) is 0 Å². The molecule has 94 valence electrons.